The Labute approximate surface area is 243 Å². The van der Waals surface area contributed by atoms with E-state index < -0.39 is 12.0 Å². The molecule has 3 aromatic heterocycles. The van der Waals surface area contributed by atoms with Gasteiger partial charge >= 0.3 is 6.01 Å². The first-order valence-corrected chi connectivity index (χ1v) is 15.1. The summed E-state index contributed by atoms with van der Waals surface area (Å²) in [5.74, 6) is 0.620. The third kappa shape index (κ3) is 4.00. The van der Waals surface area contributed by atoms with E-state index in [0.717, 1.165) is 71.0 Å². The molecule has 4 fully saturated rings. The summed E-state index contributed by atoms with van der Waals surface area (Å²) in [6, 6.07) is 4.37. The zero-order chi connectivity index (χ0) is 28.6. The number of piperazine rings is 1. The van der Waals surface area contributed by atoms with Crippen LogP contribution in [-0.2, 0) is 0 Å². The number of rotatable bonds is 6. The van der Waals surface area contributed by atoms with Crippen LogP contribution in [-0.4, -0.2) is 86.4 Å². The maximum Gasteiger partial charge on any atom is 0.319 e. The number of aromatic nitrogens is 5. The van der Waals surface area contributed by atoms with Crippen LogP contribution in [0.5, 0.6) is 6.01 Å². The van der Waals surface area contributed by atoms with E-state index in [9.17, 15) is 8.78 Å². The number of pyridine rings is 1. The Morgan fingerprint density at radius 3 is 2.71 bits per heavy atom. The lowest BCUT2D eigenvalue weighted by Crippen LogP contribution is -2.63. The van der Waals surface area contributed by atoms with Crippen LogP contribution in [0.1, 0.15) is 49.7 Å². The van der Waals surface area contributed by atoms with Crippen molar-refractivity contribution in [2.24, 2.45) is 0 Å². The van der Waals surface area contributed by atoms with Gasteiger partial charge in [0.25, 0.3) is 6.43 Å². The zero-order valence-corrected chi connectivity index (χ0v) is 24.1. The molecule has 220 valence electrons. The minimum Gasteiger partial charge on any atom is -0.461 e. The molecule has 4 aliphatic heterocycles. The minimum atomic E-state index is -2.46. The lowest BCUT2D eigenvalue weighted by Gasteiger charge is -2.41. The van der Waals surface area contributed by atoms with Crippen molar-refractivity contribution in [2.75, 3.05) is 37.7 Å². The van der Waals surface area contributed by atoms with Crippen molar-refractivity contribution in [2.45, 2.75) is 75.9 Å². The van der Waals surface area contributed by atoms with E-state index in [0.29, 0.717) is 36.9 Å². The van der Waals surface area contributed by atoms with Crippen LogP contribution in [0.15, 0.2) is 24.5 Å². The Hall–Kier alpha value is -3.44. The average Bonchev–Trinajstić information content (AvgIpc) is 3.76. The number of hydrogen-bond donors (Lipinski definition) is 2. The summed E-state index contributed by atoms with van der Waals surface area (Å²) >= 11 is 0. The maximum absolute atomic E-state index is 14.3. The molecule has 11 heteroatoms. The molecule has 7 heterocycles. The van der Waals surface area contributed by atoms with Gasteiger partial charge in [-0.3, -0.25) is 15.0 Å². The van der Waals surface area contributed by atoms with Crippen molar-refractivity contribution in [1.29, 1.82) is 0 Å². The molecule has 0 saturated carbocycles. The number of halogens is 2. The second kappa shape index (κ2) is 9.54. The van der Waals surface area contributed by atoms with Crippen LogP contribution in [0.2, 0.25) is 0 Å². The smallest absolute Gasteiger partial charge is 0.319 e. The molecule has 0 amide bonds. The van der Waals surface area contributed by atoms with Crippen molar-refractivity contribution in [1.82, 2.24) is 35.4 Å². The standard InChI is InChI=1S/C31H36F2N8O/c1-18-11-24-21(14-35-39-24)26(19(18)2)25-12-23-22(13-34-25)27(40-15-20-5-8-31(16-40,38-20)28(32)33)37-29(36-23)42-17-30-6-3-9-41(30)10-4-7-30/h11-14,20,28,38H,3-10,15-17H2,1-2H3,(H,35,39). The lowest BCUT2D eigenvalue weighted by molar-refractivity contribution is 0.0367. The Balaban J connectivity index is 1.24. The summed E-state index contributed by atoms with van der Waals surface area (Å²) in [5.41, 5.74) is 4.52. The number of ether oxygens (including phenoxy) is 1. The van der Waals surface area contributed by atoms with Crippen molar-refractivity contribution in [3.05, 3.63) is 35.7 Å². The first-order chi connectivity index (χ1) is 20.3. The number of nitrogens with one attached hydrogen (secondary N) is 2. The monoisotopic (exact) mass is 574 g/mol. The van der Waals surface area contributed by atoms with Crippen molar-refractivity contribution in [3.8, 4) is 17.3 Å². The van der Waals surface area contributed by atoms with Gasteiger partial charge < -0.3 is 15.0 Å². The highest BCUT2D eigenvalue weighted by Crippen LogP contribution is 2.41. The number of nitrogens with zero attached hydrogens (tertiary/aromatic N) is 6. The molecule has 0 radical (unpaired) electrons. The van der Waals surface area contributed by atoms with Gasteiger partial charge in [-0.1, -0.05) is 0 Å². The fraction of sp³-hybridized carbons (Fsp3) is 0.548. The van der Waals surface area contributed by atoms with Gasteiger partial charge in [-0.15, -0.1) is 0 Å². The Bertz CT molecular complexity index is 1680. The van der Waals surface area contributed by atoms with Gasteiger partial charge in [-0.05, 0) is 88.7 Å². The largest absolute Gasteiger partial charge is 0.461 e. The first-order valence-electron chi connectivity index (χ1n) is 15.1. The van der Waals surface area contributed by atoms with E-state index in [-0.39, 0.29) is 18.1 Å². The molecule has 0 aliphatic carbocycles. The predicted octanol–water partition coefficient (Wildman–Crippen LogP) is 4.77. The molecular formula is C31H36F2N8O. The molecule has 42 heavy (non-hydrogen) atoms. The summed E-state index contributed by atoms with van der Waals surface area (Å²) in [6.45, 7) is 7.71. The summed E-state index contributed by atoms with van der Waals surface area (Å²) in [5, 5.41) is 12.3. The van der Waals surface area contributed by atoms with E-state index >= 15 is 0 Å². The second-order valence-corrected chi connectivity index (χ2v) is 12.9. The Morgan fingerprint density at radius 2 is 1.90 bits per heavy atom. The zero-order valence-electron chi connectivity index (χ0n) is 24.1. The molecule has 2 atom stereocenters. The maximum atomic E-state index is 14.3. The summed E-state index contributed by atoms with van der Waals surface area (Å²) < 4.78 is 35.1. The number of aromatic amines is 1. The molecule has 2 bridgehead atoms. The molecule has 8 rings (SSSR count). The average molecular weight is 575 g/mol. The molecule has 4 saturated heterocycles. The molecule has 1 aromatic carbocycles. The summed E-state index contributed by atoms with van der Waals surface area (Å²) in [6.07, 6.45) is 6.93. The third-order valence-corrected chi connectivity index (χ3v) is 10.4. The van der Waals surface area contributed by atoms with Gasteiger partial charge in [0, 0.05) is 36.3 Å². The highest BCUT2D eigenvalue weighted by Gasteiger charge is 2.51. The van der Waals surface area contributed by atoms with Crippen LogP contribution in [0, 0.1) is 13.8 Å². The Kier molecular flexibility index (Phi) is 5.95. The SMILES string of the molecule is Cc1cc2[nH]ncc2c(-c2cc3nc(OCC45CCCN4CCC5)nc(N4CC5CCC(C(F)F)(C4)N5)c3cn2)c1C. The van der Waals surface area contributed by atoms with Crippen molar-refractivity contribution in [3.63, 3.8) is 0 Å². The van der Waals surface area contributed by atoms with Gasteiger partial charge in [0.15, 0.2) is 0 Å². The van der Waals surface area contributed by atoms with Gasteiger partial charge in [0.05, 0.1) is 39.4 Å². The second-order valence-electron chi connectivity index (χ2n) is 12.9. The van der Waals surface area contributed by atoms with E-state index in [1.807, 2.05) is 17.2 Å². The van der Waals surface area contributed by atoms with E-state index in [1.54, 1.807) is 6.20 Å². The normalized spacial score (nSPS) is 25.3. The predicted molar refractivity (Wildman–Crippen MR) is 157 cm³/mol. The molecule has 9 nitrogen and oxygen atoms in total. The molecule has 4 aromatic rings. The number of aryl methyl sites for hydroxylation is 1. The molecular weight excluding hydrogens is 538 g/mol. The van der Waals surface area contributed by atoms with Crippen LogP contribution < -0.4 is 15.0 Å². The minimum absolute atomic E-state index is 0.0110. The van der Waals surface area contributed by atoms with Crippen molar-refractivity contribution >= 4 is 27.6 Å². The van der Waals surface area contributed by atoms with Gasteiger partial charge in [-0.25, -0.2) is 8.78 Å². The summed E-state index contributed by atoms with van der Waals surface area (Å²) in [7, 11) is 0. The molecule has 2 N–H and O–H groups in total. The Morgan fingerprint density at radius 1 is 1.07 bits per heavy atom. The fourth-order valence-corrected chi connectivity index (χ4v) is 8.07. The van der Waals surface area contributed by atoms with Gasteiger partial charge in [0.2, 0.25) is 0 Å². The number of fused-ring (bicyclic) bond motifs is 5. The first kappa shape index (κ1) is 26.2. The van der Waals surface area contributed by atoms with Crippen LogP contribution in [0.25, 0.3) is 33.1 Å². The van der Waals surface area contributed by atoms with Crippen LogP contribution in [0.4, 0.5) is 14.6 Å². The van der Waals surface area contributed by atoms with E-state index in [4.69, 9.17) is 19.7 Å². The number of H-pyrrole nitrogens is 1. The van der Waals surface area contributed by atoms with E-state index in [1.165, 1.54) is 12.8 Å². The molecule has 4 aliphatic rings. The highest BCUT2D eigenvalue weighted by molar-refractivity contribution is 5.99. The highest BCUT2D eigenvalue weighted by atomic mass is 19.3. The van der Waals surface area contributed by atoms with Crippen molar-refractivity contribution < 1.29 is 13.5 Å². The van der Waals surface area contributed by atoms with Gasteiger partial charge in [-0.2, -0.15) is 15.1 Å². The number of alkyl halides is 2. The fourth-order valence-electron chi connectivity index (χ4n) is 8.07. The topological polar surface area (TPSA) is 95.1 Å². The number of hydrogen-bond acceptors (Lipinski definition) is 8. The summed E-state index contributed by atoms with van der Waals surface area (Å²) in [4.78, 5) is 19.3. The molecule has 0 spiro atoms. The molecule has 2 unspecified atom stereocenters. The number of benzene rings is 1. The number of anilines is 1. The quantitative estimate of drug-likeness (QED) is 0.340. The van der Waals surface area contributed by atoms with Crippen LogP contribution in [0.3, 0.4) is 0 Å². The lowest BCUT2D eigenvalue weighted by atomic mass is 9.95. The van der Waals surface area contributed by atoms with Gasteiger partial charge in [0.1, 0.15) is 12.4 Å². The van der Waals surface area contributed by atoms with Crippen LogP contribution >= 0.6 is 0 Å². The van der Waals surface area contributed by atoms with E-state index in [2.05, 4.69) is 40.3 Å². The third-order valence-electron chi connectivity index (χ3n) is 10.4.